The molecule has 0 radical (unpaired) electrons. The van der Waals surface area contributed by atoms with Gasteiger partial charge in [-0.25, -0.2) is 0 Å². The number of nitrogens with zero attached hydrogens (tertiary/aromatic N) is 2. The number of carbonyl (C=O) groups excluding carboxylic acids is 1. The molecule has 1 saturated heterocycles. The van der Waals surface area contributed by atoms with Crippen molar-refractivity contribution < 1.29 is 4.79 Å². The Morgan fingerprint density at radius 1 is 1.47 bits per heavy atom. The van der Waals surface area contributed by atoms with Crippen molar-refractivity contribution in [2.45, 2.75) is 38.8 Å². The second-order valence-corrected chi connectivity index (χ2v) is 7.33. The fourth-order valence-electron chi connectivity index (χ4n) is 1.48. The van der Waals surface area contributed by atoms with E-state index in [0.717, 1.165) is 21.6 Å². The zero-order chi connectivity index (χ0) is 13.2. The molecule has 0 spiro atoms. The molecular weight excluding hydrogens is 304 g/mol. The molecule has 5 nitrogen and oxygen atoms in total. The fourth-order valence-corrected chi connectivity index (χ4v) is 3.26. The van der Waals surface area contributed by atoms with E-state index in [1.807, 2.05) is 0 Å². The van der Waals surface area contributed by atoms with Crippen LogP contribution in [0.3, 0.4) is 0 Å². The maximum absolute atomic E-state index is 11.8. The van der Waals surface area contributed by atoms with Crippen LogP contribution in [0.25, 0.3) is 0 Å². The van der Waals surface area contributed by atoms with Crippen LogP contribution in [0.5, 0.6) is 0 Å². The lowest BCUT2D eigenvalue weighted by molar-refractivity contribution is -0.122. The minimum absolute atomic E-state index is 0. The largest absolute Gasteiger partial charge is 0.348 e. The van der Waals surface area contributed by atoms with Crippen LogP contribution in [0.1, 0.15) is 30.8 Å². The first kappa shape index (κ1) is 16.7. The van der Waals surface area contributed by atoms with Crippen LogP contribution >= 0.6 is 35.5 Å². The van der Waals surface area contributed by atoms with Crippen LogP contribution in [0, 0.1) is 0 Å². The highest BCUT2D eigenvalue weighted by atomic mass is 35.5. The van der Waals surface area contributed by atoms with Gasteiger partial charge in [-0.3, -0.25) is 10.1 Å². The Balaban J connectivity index is 0.00000180. The fraction of sp³-hybridized carbons (Fsp3) is 0.727. The summed E-state index contributed by atoms with van der Waals surface area (Å²) in [6.07, 6.45) is 0. The molecular formula is C11H19ClN4OS2. The SMILES string of the molecule is CC(C)(C)c1nnc(CNC(=O)C2CSCN2)s1.Cl. The Morgan fingerprint density at radius 3 is 2.74 bits per heavy atom. The average molecular weight is 323 g/mol. The van der Waals surface area contributed by atoms with Gasteiger partial charge in [-0.2, -0.15) is 0 Å². The molecule has 1 fully saturated rings. The van der Waals surface area contributed by atoms with Gasteiger partial charge in [0.2, 0.25) is 5.91 Å². The van der Waals surface area contributed by atoms with Crippen LogP contribution < -0.4 is 10.6 Å². The summed E-state index contributed by atoms with van der Waals surface area (Å²) >= 11 is 3.30. The molecule has 1 amide bonds. The molecule has 0 bridgehead atoms. The maximum atomic E-state index is 11.8. The third-order valence-electron chi connectivity index (χ3n) is 2.56. The van der Waals surface area contributed by atoms with Crippen LogP contribution in [-0.2, 0) is 16.8 Å². The van der Waals surface area contributed by atoms with Crippen LogP contribution in [-0.4, -0.2) is 33.8 Å². The normalized spacial score (nSPS) is 19.0. The Kier molecular flexibility index (Phi) is 6.04. The lowest BCUT2D eigenvalue weighted by atomic mass is 9.98. The summed E-state index contributed by atoms with van der Waals surface area (Å²) in [6, 6.07) is -0.0648. The molecule has 1 aromatic heterocycles. The van der Waals surface area contributed by atoms with Gasteiger partial charge < -0.3 is 5.32 Å². The number of hydrogen-bond donors (Lipinski definition) is 2. The number of thioether (sulfide) groups is 1. The van der Waals surface area contributed by atoms with Gasteiger partial charge in [-0.15, -0.1) is 34.4 Å². The summed E-state index contributed by atoms with van der Waals surface area (Å²) in [6.45, 7) is 6.79. The molecule has 19 heavy (non-hydrogen) atoms. The van der Waals surface area contributed by atoms with Crippen molar-refractivity contribution in [1.29, 1.82) is 0 Å². The molecule has 2 rings (SSSR count). The van der Waals surface area contributed by atoms with Crippen molar-refractivity contribution in [1.82, 2.24) is 20.8 Å². The van der Waals surface area contributed by atoms with E-state index in [9.17, 15) is 4.79 Å². The van der Waals surface area contributed by atoms with Gasteiger partial charge in [-0.1, -0.05) is 32.1 Å². The van der Waals surface area contributed by atoms with Crippen molar-refractivity contribution in [2.24, 2.45) is 0 Å². The summed E-state index contributed by atoms with van der Waals surface area (Å²) in [4.78, 5) is 11.8. The van der Waals surface area contributed by atoms with Gasteiger partial charge in [0.15, 0.2) is 0 Å². The number of hydrogen-bond acceptors (Lipinski definition) is 6. The Labute approximate surface area is 127 Å². The second-order valence-electron chi connectivity index (χ2n) is 5.24. The van der Waals surface area contributed by atoms with E-state index < -0.39 is 0 Å². The first-order chi connectivity index (χ1) is 8.47. The standard InChI is InChI=1S/C11H18N4OS2.ClH/c1-11(2,3)10-15-14-8(18-10)4-12-9(16)7-5-17-6-13-7;/h7,13H,4-6H2,1-3H3,(H,12,16);1H. The number of amides is 1. The predicted octanol–water partition coefficient (Wildman–Crippen LogP) is 1.54. The van der Waals surface area contributed by atoms with E-state index >= 15 is 0 Å². The predicted molar refractivity (Wildman–Crippen MR) is 82.0 cm³/mol. The van der Waals surface area contributed by atoms with Gasteiger partial charge in [0.25, 0.3) is 0 Å². The van der Waals surface area contributed by atoms with Crippen LogP contribution in [0.15, 0.2) is 0 Å². The highest BCUT2D eigenvalue weighted by molar-refractivity contribution is 7.99. The molecule has 1 unspecified atom stereocenters. The van der Waals surface area contributed by atoms with Gasteiger partial charge in [0.05, 0.1) is 12.6 Å². The maximum Gasteiger partial charge on any atom is 0.238 e. The minimum atomic E-state index is -0.0648. The van der Waals surface area contributed by atoms with E-state index in [1.54, 1.807) is 23.1 Å². The second kappa shape index (κ2) is 6.88. The third-order valence-corrected chi connectivity index (χ3v) is 4.84. The van der Waals surface area contributed by atoms with Crippen molar-refractivity contribution in [3.63, 3.8) is 0 Å². The van der Waals surface area contributed by atoms with Crippen molar-refractivity contribution in [3.8, 4) is 0 Å². The van der Waals surface area contributed by atoms with E-state index in [0.29, 0.717) is 6.54 Å². The first-order valence-electron chi connectivity index (χ1n) is 5.88. The summed E-state index contributed by atoms with van der Waals surface area (Å²) in [5.74, 6) is 1.74. The molecule has 1 atom stereocenters. The number of halogens is 1. The number of carbonyl (C=O) groups is 1. The Bertz CT molecular complexity index is 427. The molecule has 0 aliphatic carbocycles. The monoisotopic (exact) mass is 322 g/mol. The molecule has 1 aliphatic rings. The molecule has 2 heterocycles. The number of nitrogens with one attached hydrogen (secondary N) is 2. The Morgan fingerprint density at radius 2 is 2.21 bits per heavy atom. The zero-order valence-electron chi connectivity index (χ0n) is 11.2. The van der Waals surface area contributed by atoms with Crippen molar-refractivity contribution >= 4 is 41.4 Å². The molecule has 0 aromatic carbocycles. The van der Waals surface area contributed by atoms with E-state index in [2.05, 4.69) is 41.6 Å². The topological polar surface area (TPSA) is 66.9 Å². The van der Waals surface area contributed by atoms with Crippen LogP contribution in [0.4, 0.5) is 0 Å². The van der Waals surface area contributed by atoms with Crippen molar-refractivity contribution in [3.05, 3.63) is 10.0 Å². The average Bonchev–Trinajstić information content (AvgIpc) is 2.96. The first-order valence-corrected chi connectivity index (χ1v) is 7.85. The Hall–Kier alpha value is -0.370. The van der Waals surface area contributed by atoms with Gasteiger partial charge in [0.1, 0.15) is 10.0 Å². The summed E-state index contributed by atoms with van der Waals surface area (Å²) in [5.41, 5.74) is 0.0174. The highest BCUT2D eigenvalue weighted by Crippen LogP contribution is 2.25. The summed E-state index contributed by atoms with van der Waals surface area (Å²) in [7, 11) is 0. The van der Waals surface area contributed by atoms with Crippen LogP contribution in [0.2, 0.25) is 0 Å². The van der Waals surface area contributed by atoms with Gasteiger partial charge in [-0.05, 0) is 0 Å². The molecule has 2 N–H and O–H groups in total. The quantitative estimate of drug-likeness (QED) is 0.883. The van der Waals surface area contributed by atoms with Crippen molar-refractivity contribution in [2.75, 3.05) is 11.6 Å². The lowest BCUT2D eigenvalue weighted by Crippen LogP contribution is -2.41. The zero-order valence-corrected chi connectivity index (χ0v) is 13.7. The van der Waals surface area contributed by atoms with Gasteiger partial charge in [0, 0.05) is 17.0 Å². The molecule has 0 saturated carbocycles. The molecule has 108 valence electrons. The molecule has 1 aromatic rings. The van der Waals surface area contributed by atoms with Gasteiger partial charge >= 0.3 is 0 Å². The van der Waals surface area contributed by atoms with E-state index in [1.165, 1.54) is 0 Å². The minimum Gasteiger partial charge on any atom is -0.348 e. The number of aromatic nitrogens is 2. The van der Waals surface area contributed by atoms with E-state index in [-0.39, 0.29) is 29.8 Å². The third kappa shape index (κ3) is 4.59. The number of rotatable bonds is 3. The summed E-state index contributed by atoms with van der Waals surface area (Å²) < 4.78 is 0. The summed E-state index contributed by atoms with van der Waals surface area (Å²) in [5, 5.41) is 16.2. The smallest absolute Gasteiger partial charge is 0.238 e. The molecule has 1 aliphatic heterocycles. The molecule has 8 heteroatoms. The van der Waals surface area contributed by atoms with E-state index in [4.69, 9.17) is 0 Å². The lowest BCUT2D eigenvalue weighted by Gasteiger charge is -2.12. The highest BCUT2D eigenvalue weighted by Gasteiger charge is 2.23.